The molecule has 0 fully saturated rings. The summed E-state index contributed by atoms with van der Waals surface area (Å²) in [6, 6.07) is 7.00. The van der Waals surface area contributed by atoms with Crippen molar-refractivity contribution in [1.82, 2.24) is 0 Å². The lowest BCUT2D eigenvalue weighted by Gasteiger charge is -2.41. The van der Waals surface area contributed by atoms with Gasteiger partial charge in [0.05, 0.1) is 17.4 Å². The summed E-state index contributed by atoms with van der Waals surface area (Å²) in [6.07, 6.45) is 0. The molecular weight excluding hydrogens is 186 g/mol. The lowest BCUT2D eigenvalue weighted by Crippen LogP contribution is -2.49. The molecule has 15 heavy (non-hydrogen) atoms. The second-order valence-electron chi connectivity index (χ2n) is 4.37. The molecule has 1 aromatic rings. The molecule has 0 radical (unpaired) electrons. The molecule has 3 nitrogen and oxygen atoms in total. The Hall–Kier alpha value is -1.22. The van der Waals surface area contributed by atoms with E-state index >= 15 is 0 Å². The molecule has 0 spiro atoms. The van der Waals surface area contributed by atoms with Gasteiger partial charge in [-0.15, -0.1) is 0 Å². The lowest BCUT2D eigenvalue weighted by molar-refractivity contribution is 0.609. The van der Waals surface area contributed by atoms with Crippen molar-refractivity contribution in [2.75, 3.05) is 37.0 Å². The Kier molecular flexibility index (Phi) is 2.57. The van der Waals surface area contributed by atoms with Gasteiger partial charge in [0, 0.05) is 27.2 Å². The first-order chi connectivity index (χ1) is 7.13. The van der Waals surface area contributed by atoms with Crippen molar-refractivity contribution in [3.63, 3.8) is 0 Å². The Balaban J connectivity index is 2.45. The average molecular weight is 205 g/mol. The maximum absolute atomic E-state index is 5.78. The Morgan fingerprint density at radius 3 is 2.73 bits per heavy atom. The molecule has 0 saturated heterocycles. The average Bonchev–Trinajstić information content (AvgIpc) is 2.23. The number of nitrogens with two attached hydrogens (primary N) is 1. The van der Waals surface area contributed by atoms with Crippen LogP contribution in [0.5, 0.6) is 0 Å². The van der Waals surface area contributed by atoms with Crippen LogP contribution in [-0.2, 0) is 0 Å². The molecule has 1 aromatic carbocycles. The molecular formula is C12H19N3. The van der Waals surface area contributed by atoms with Crippen LogP contribution in [0, 0.1) is 6.92 Å². The highest BCUT2D eigenvalue weighted by molar-refractivity contribution is 5.74. The zero-order chi connectivity index (χ0) is 11.0. The third-order valence-corrected chi connectivity index (χ3v) is 3.23. The van der Waals surface area contributed by atoms with Gasteiger partial charge in [0.15, 0.2) is 0 Å². The summed E-state index contributed by atoms with van der Waals surface area (Å²) in [5.41, 5.74) is 9.67. The molecule has 1 atom stereocenters. The molecule has 0 aliphatic carbocycles. The van der Waals surface area contributed by atoms with Gasteiger partial charge in [0.2, 0.25) is 0 Å². The molecule has 2 N–H and O–H groups in total. The van der Waals surface area contributed by atoms with Gasteiger partial charge in [-0.05, 0) is 24.6 Å². The normalized spacial score (nSPS) is 20.4. The molecule has 1 unspecified atom stereocenters. The number of benzene rings is 1. The van der Waals surface area contributed by atoms with Crippen LogP contribution in [0.4, 0.5) is 11.4 Å². The fourth-order valence-electron chi connectivity index (χ4n) is 2.21. The molecule has 1 aliphatic rings. The van der Waals surface area contributed by atoms with Gasteiger partial charge >= 0.3 is 0 Å². The molecule has 0 amide bonds. The fraction of sp³-hybridized carbons (Fsp3) is 0.500. The van der Waals surface area contributed by atoms with Gasteiger partial charge in [-0.2, -0.15) is 0 Å². The summed E-state index contributed by atoms with van der Waals surface area (Å²) in [4.78, 5) is 4.58. The van der Waals surface area contributed by atoms with Crippen molar-refractivity contribution in [2.45, 2.75) is 13.0 Å². The van der Waals surface area contributed by atoms with Crippen molar-refractivity contribution in [2.24, 2.45) is 5.73 Å². The van der Waals surface area contributed by atoms with Crippen molar-refractivity contribution in [3.05, 3.63) is 23.8 Å². The molecule has 1 aliphatic heterocycles. The number of aryl methyl sites for hydroxylation is 1. The Bertz CT molecular complexity index is 362. The first kappa shape index (κ1) is 10.3. The third-order valence-electron chi connectivity index (χ3n) is 3.23. The van der Waals surface area contributed by atoms with E-state index < -0.39 is 0 Å². The minimum absolute atomic E-state index is 0.421. The molecule has 3 heteroatoms. The summed E-state index contributed by atoms with van der Waals surface area (Å²) >= 11 is 0. The van der Waals surface area contributed by atoms with E-state index in [9.17, 15) is 0 Å². The first-order valence-corrected chi connectivity index (χ1v) is 5.38. The molecule has 0 bridgehead atoms. The number of hydrogen-bond acceptors (Lipinski definition) is 3. The number of rotatable bonds is 1. The van der Waals surface area contributed by atoms with Crippen LogP contribution in [0.1, 0.15) is 5.56 Å². The molecule has 2 rings (SSSR count). The van der Waals surface area contributed by atoms with Gasteiger partial charge in [-0.25, -0.2) is 0 Å². The lowest BCUT2D eigenvalue weighted by atomic mass is 10.1. The topological polar surface area (TPSA) is 32.5 Å². The number of fused-ring (bicyclic) bond motifs is 1. The number of hydrogen-bond donors (Lipinski definition) is 1. The minimum atomic E-state index is 0.421. The van der Waals surface area contributed by atoms with E-state index in [2.05, 4.69) is 49.0 Å². The second kappa shape index (κ2) is 3.74. The number of nitrogens with zero attached hydrogens (tertiary/aromatic N) is 2. The monoisotopic (exact) mass is 205 g/mol. The largest absolute Gasteiger partial charge is 0.371 e. The minimum Gasteiger partial charge on any atom is -0.371 e. The van der Waals surface area contributed by atoms with Crippen LogP contribution >= 0.6 is 0 Å². The molecule has 0 saturated carbocycles. The van der Waals surface area contributed by atoms with Crippen LogP contribution < -0.4 is 15.5 Å². The van der Waals surface area contributed by atoms with Gasteiger partial charge in [0.25, 0.3) is 0 Å². The summed E-state index contributed by atoms with van der Waals surface area (Å²) in [6.45, 7) is 3.83. The SMILES string of the molecule is Cc1ccc2c(c1)N(C)C(CN)CN2C. The zero-order valence-electron chi connectivity index (χ0n) is 9.70. The van der Waals surface area contributed by atoms with Gasteiger partial charge in [-0.1, -0.05) is 6.07 Å². The van der Waals surface area contributed by atoms with E-state index in [4.69, 9.17) is 5.73 Å². The van der Waals surface area contributed by atoms with Crippen LogP contribution in [0.15, 0.2) is 18.2 Å². The Morgan fingerprint density at radius 1 is 1.33 bits per heavy atom. The number of likely N-dealkylation sites (N-methyl/N-ethyl adjacent to an activating group) is 2. The highest BCUT2D eigenvalue weighted by atomic mass is 15.3. The summed E-state index contributed by atoms with van der Waals surface area (Å²) in [5, 5.41) is 0. The maximum Gasteiger partial charge on any atom is 0.0607 e. The van der Waals surface area contributed by atoms with Crippen LogP contribution in [0.2, 0.25) is 0 Å². The predicted molar refractivity (Wildman–Crippen MR) is 65.7 cm³/mol. The van der Waals surface area contributed by atoms with Crippen LogP contribution in [0.3, 0.4) is 0 Å². The predicted octanol–water partition coefficient (Wildman–Crippen LogP) is 1.21. The molecule has 1 heterocycles. The van der Waals surface area contributed by atoms with Gasteiger partial charge in [-0.3, -0.25) is 0 Å². The van der Waals surface area contributed by atoms with Crippen LogP contribution in [0.25, 0.3) is 0 Å². The van der Waals surface area contributed by atoms with Gasteiger partial charge in [0.1, 0.15) is 0 Å². The van der Waals surface area contributed by atoms with Crippen LogP contribution in [-0.4, -0.2) is 33.2 Å². The van der Waals surface area contributed by atoms with E-state index in [0.29, 0.717) is 12.6 Å². The maximum atomic E-state index is 5.78. The fourth-order valence-corrected chi connectivity index (χ4v) is 2.21. The molecule has 82 valence electrons. The Morgan fingerprint density at radius 2 is 2.07 bits per heavy atom. The highest BCUT2D eigenvalue weighted by Crippen LogP contribution is 2.33. The van der Waals surface area contributed by atoms with Crippen molar-refractivity contribution >= 4 is 11.4 Å². The summed E-state index contributed by atoms with van der Waals surface area (Å²) < 4.78 is 0. The van der Waals surface area contributed by atoms with E-state index in [1.807, 2.05) is 0 Å². The van der Waals surface area contributed by atoms with E-state index in [1.165, 1.54) is 16.9 Å². The standard InChI is InChI=1S/C12H19N3/c1-9-4-5-11-12(6-9)15(3)10(7-13)8-14(11)2/h4-6,10H,7-8,13H2,1-3H3. The smallest absolute Gasteiger partial charge is 0.0607 e. The number of anilines is 2. The highest BCUT2D eigenvalue weighted by Gasteiger charge is 2.25. The zero-order valence-corrected chi connectivity index (χ0v) is 9.70. The van der Waals surface area contributed by atoms with E-state index in [-0.39, 0.29) is 0 Å². The van der Waals surface area contributed by atoms with E-state index in [0.717, 1.165) is 6.54 Å². The van der Waals surface area contributed by atoms with Crippen molar-refractivity contribution < 1.29 is 0 Å². The first-order valence-electron chi connectivity index (χ1n) is 5.38. The van der Waals surface area contributed by atoms with Gasteiger partial charge < -0.3 is 15.5 Å². The van der Waals surface area contributed by atoms with Crippen molar-refractivity contribution in [3.8, 4) is 0 Å². The van der Waals surface area contributed by atoms with E-state index in [1.54, 1.807) is 0 Å². The Labute approximate surface area is 91.5 Å². The quantitative estimate of drug-likeness (QED) is 0.748. The summed E-state index contributed by atoms with van der Waals surface area (Å²) in [7, 11) is 4.26. The molecule has 0 aromatic heterocycles. The summed E-state index contributed by atoms with van der Waals surface area (Å²) in [5.74, 6) is 0. The van der Waals surface area contributed by atoms with Crippen molar-refractivity contribution in [1.29, 1.82) is 0 Å². The third kappa shape index (κ3) is 1.67. The second-order valence-corrected chi connectivity index (χ2v) is 4.37.